The van der Waals surface area contributed by atoms with Gasteiger partial charge in [-0.15, -0.1) is 0 Å². The van der Waals surface area contributed by atoms with Gasteiger partial charge in [0.25, 0.3) is 0 Å². The van der Waals surface area contributed by atoms with Crippen LogP contribution in [0.25, 0.3) is 0 Å². The maximum Gasteiger partial charge on any atom is 0.0879 e. The van der Waals surface area contributed by atoms with Crippen molar-refractivity contribution in [3.63, 3.8) is 0 Å². The second kappa shape index (κ2) is 4.59. The highest BCUT2D eigenvalue weighted by Crippen LogP contribution is 2.50. The van der Waals surface area contributed by atoms with Crippen LogP contribution in [0.2, 0.25) is 0 Å². The first kappa shape index (κ1) is 12.9. The summed E-state index contributed by atoms with van der Waals surface area (Å²) in [6.45, 7) is 4.80. The van der Waals surface area contributed by atoms with E-state index in [9.17, 15) is 10.4 Å². The Morgan fingerprint density at radius 3 is 2.41 bits per heavy atom. The molecule has 2 fully saturated rings. The van der Waals surface area contributed by atoms with Crippen LogP contribution < -0.4 is 0 Å². The summed E-state index contributed by atoms with van der Waals surface area (Å²) in [7, 11) is 0. The lowest BCUT2D eigenvalue weighted by atomic mass is 9.59. The third-order valence-electron chi connectivity index (χ3n) is 4.78. The summed E-state index contributed by atoms with van der Waals surface area (Å²) in [5, 5.41) is 20.5. The molecular formula is C14H23NO2. The van der Waals surface area contributed by atoms with E-state index in [2.05, 4.69) is 13.0 Å². The van der Waals surface area contributed by atoms with Crippen molar-refractivity contribution in [1.29, 1.82) is 5.26 Å². The fourth-order valence-electron chi connectivity index (χ4n) is 3.44. The molecule has 0 aromatic rings. The molecule has 2 aliphatic rings. The second-order valence-electron chi connectivity index (χ2n) is 6.04. The fraction of sp³-hybridized carbons (Fsp3) is 0.929. The predicted octanol–water partition coefficient (Wildman–Crippen LogP) is 2.64. The monoisotopic (exact) mass is 237 g/mol. The minimum atomic E-state index is -0.834. The Morgan fingerprint density at radius 2 is 1.88 bits per heavy atom. The van der Waals surface area contributed by atoms with E-state index in [1.807, 2.05) is 6.92 Å². The topological polar surface area (TPSA) is 53.2 Å². The Labute approximate surface area is 104 Å². The molecule has 1 aliphatic carbocycles. The number of rotatable bonds is 1. The van der Waals surface area contributed by atoms with Crippen LogP contribution >= 0.6 is 0 Å². The minimum absolute atomic E-state index is 0.0679. The van der Waals surface area contributed by atoms with Gasteiger partial charge in [-0.05, 0) is 38.5 Å². The molecule has 2 rings (SSSR count). The molecule has 0 amide bonds. The quantitative estimate of drug-likeness (QED) is 0.762. The van der Waals surface area contributed by atoms with Crippen LogP contribution in [0.5, 0.6) is 0 Å². The standard InChI is InChI=1S/C14H23NO2/c1-11-3-5-13(10-15,6-4-11)14(16)7-8-17-12(2)9-14/h11-12,16H,3-9H2,1-2H3. The molecule has 0 aromatic heterocycles. The van der Waals surface area contributed by atoms with Crippen LogP contribution in [-0.2, 0) is 4.74 Å². The van der Waals surface area contributed by atoms with Crippen molar-refractivity contribution in [3.05, 3.63) is 0 Å². The van der Waals surface area contributed by atoms with Crippen molar-refractivity contribution in [2.24, 2.45) is 11.3 Å². The molecule has 96 valence electrons. The molecule has 2 unspecified atom stereocenters. The average molecular weight is 237 g/mol. The molecule has 0 bridgehead atoms. The highest BCUT2D eigenvalue weighted by Gasteiger charge is 2.53. The van der Waals surface area contributed by atoms with Gasteiger partial charge in [0.05, 0.1) is 23.2 Å². The van der Waals surface area contributed by atoms with Crippen molar-refractivity contribution in [2.75, 3.05) is 6.61 Å². The molecule has 1 saturated heterocycles. The van der Waals surface area contributed by atoms with E-state index in [0.717, 1.165) is 25.7 Å². The van der Waals surface area contributed by atoms with Crippen LogP contribution in [0.4, 0.5) is 0 Å². The number of nitrogens with zero attached hydrogens (tertiary/aromatic N) is 1. The van der Waals surface area contributed by atoms with E-state index in [4.69, 9.17) is 4.74 Å². The van der Waals surface area contributed by atoms with Gasteiger partial charge in [0.15, 0.2) is 0 Å². The van der Waals surface area contributed by atoms with E-state index in [1.54, 1.807) is 0 Å². The van der Waals surface area contributed by atoms with Gasteiger partial charge in [0.2, 0.25) is 0 Å². The normalized spacial score (nSPS) is 47.4. The highest BCUT2D eigenvalue weighted by atomic mass is 16.5. The van der Waals surface area contributed by atoms with Gasteiger partial charge in [-0.3, -0.25) is 0 Å². The highest BCUT2D eigenvalue weighted by molar-refractivity contribution is 5.14. The van der Waals surface area contributed by atoms with E-state index in [0.29, 0.717) is 25.4 Å². The number of hydrogen-bond donors (Lipinski definition) is 1. The summed E-state index contributed by atoms with van der Waals surface area (Å²) in [5.74, 6) is 0.692. The molecular weight excluding hydrogens is 214 g/mol. The van der Waals surface area contributed by atoms with Gasteiger partial charge in [-0.2, -0.15) is 5.26 Å². The molecule has 17 heavy (non-hydrogen) atoms. The molecule has 3 nitrogen and oxygen atoms in total. The summed E-state index contributed by atoms with van der Waals surface area (Å²) in [6, 6.07) is 2.46. The smallest absolute Gasteiger partial charge is 0.0879 e. The summed E-state index contributed by atoms with van der Waals surface area (Å²) >= 11 is 0. The summed E-state index contributed by atoms with van der Waals surface area (Å²) < 4.78 is 5.51. The van der Waals surface area contributed by atoms with Crippen molar-refractivity contribution in [1.82, 2.24) is 0 Å². The summed E-state index contributed by atoms with van der Waals surface area (Å²) in [5.41, 5.74) is -1.36. The van der Waals surface area contributed by atoms with Gasteiger partial charge in [0.1, 0.15) is 0 Å². The largest absolute Gasteiger partial charge is 0.388 e. The Bertz CT molecular complexity index is 315. The van der Waals surface area contributed by atoms with Gasteiger partial charge in [-0.1, -0.05) is 6.92 Å². The van der Waals surface area contributed by atoms with Gasteiger partial charge >= 0.3 is 0 Å². The van der Waals surface area contributed by atoms with Crippen molar-refractivity contribution < 1.29 is 9.84 Å². The average Bonchev–Trinajstić information content (AvgIpc) is 2.30. The predicted molar refractivity (Wildman–Crippen MR) is 65.3 cm³/mol. The number of aliphatic hydroxyl groups is 1. The van der Waals surface area contributed by atoms with Crippen LogP contribution in [0.15, 0.2) is 0 Å². The summed E-state index contributed by atoms with van der Waals surface area (Å²) in [4.78, 5) is 0. The second-order valence-corrected chi connectivity index (χ2v) is 6.04. The SMILES string of the molecule is CC1CCC(C#N)(C2(O)CCOC(C)C2)CC1. The Morgan fingerprint density at radius 1 is 1.24 bits per heavy atom. The molecule has 0 aromatic carbocycles. The lowest BCUT2D eigenvalue weighted by Gasteiger charge is -2.49. The fourth-order valence-corrected chi connectivity index (χ4v) is 3.44. The van der Waals surface area contributed by atoms with Crippen LogP contribution in [0, 0.1) is 22.7 Å². The maximum absolute atomic E-state index is 10.9. The van der Waals surface area contributed by atoms with Crippen molar-refractivity contribution in [2.45, 2.75) is 64.1 Å². The lowest BCUT2D eigenvalue weighted by Crippen LogP contribution is -2.54. The lowest BCUT2D eigenvalue weighted by molar-refractivity contribution is -0.157. The maximum atomic E-state index is 10.9. The zero-order valence-electron chi connectivity index (χ0n) is 10.9. The van der Waals surface area contributed by atoms with E-state index >= 15 is 0 Å². The van der Waals surface area contributed by atoms with Crippen LogP contribution in [0.3, 0.4) is 0 Å². The number of hydrogen-bond acceptors (Lipinski definition) is 3. The van der Waals surface area contributed by atoms with Crippen LogP contribution in [0.1, 0.15) is 52.4 Å². The third-order valence-corrected chi connectivity index (χ3v) is 4.78. The molecule has 2 atom stereocenters. The molecule has 0 spiro atoms. The van der Waals surface area contributed by atoms with E-state index < -0.39 is 11.0 Å². The molecule has 0 radical (unpaired) electrons. The van der Waals surface area contributed by atoms with Gasteiger partial charge in [-0.25, -0.2) is 0 Å². The minimum Gasteiger partial charge on any atom is -0.388 e. The van der Waals surface area contributed by atoms with Crippen LogP contribution in [-0.4, -0.2) is 23.4 Å². The zero-order valence-corrected chi connectivity index (χ0v) is 10.9. The molecule has 1 N–H and O–H groups in total. The van der Waals surface area contributed by atoms with Gasteiger partial charge in [0, 0.05) is 19.4 Å². The first-order chi connectivity index (χ1) is 8.01. The summed E-state index contributed by atoms with van der Waals surface area (Å²) in [6.07, 6.45) is 5.09. The zero-order chi connectivity index (χ0) is 12.5. The molecule has 1 heterocycles. The Balaban J connectivity index is 2.19. The van der Waals surface area contributed by atoms with Gasteiger partial charge < -0.3 is 9.84 Å². The number of ether oxygens (including phenoxy) is 1. The number of nitriles is 1. The Hall–Kier alpha value is -0.590. The van der Waals surface area contributed by atoms with E-state index in [1.165, 1.54) is 0 Å². The van der Waals surface area contributed by atoms with Crippen molar-refractivity contribution >= 4 is 0 Å². The first-order valence-corrected chi connectivity index (χ1v) is 6.77. The Kier molecular flexibility index (Phi) is 3.47. The van der Waals surface area contributed by atoms with Crippen molar-refractivity contribution in [3.8, 4) is 6.07 Å². The first-order valence-electron chi connectivity index (χ1n) is 6.77. The molecule has 1 aliphatic heterocycles. The molecule has 1 saturated carbocycles. The third kappa shape index (κ3) is 2.21. The van der Waals surface area contributed by atoms with E-state index in [-0.39, 0.29) is 6.10 Å². The molecule has 3 heteroatoms.